The Hall–Kier alpha value is -2.71. The highest BCUT2D eigenvalue weighted by molar-refractivity contribution is 6.30. The van der Waals surface area contributed by atoms with Gasteiger partial charge >= 0.3 is 0 Å². The number of fused-ring (bicyclic) bond motifs is 1. The molecule has 2 N–H and O–H groups in total. The molecule has 182 valence electrons. The first-order chi connectivity index (χ1) is 16.3. The number of carbonyl (C=O) groups is 2. The Morgan fingerprint density at radius 2 is 1.88 bits per heavy atom. The van der Waals surface area contributed by atoms with Crippen molar-refractivity contribution in [3.63, 3.8) is 0 Å². The lowest BCUT2D eigenvalue weighted by Gasteiger charge is -2.38. The number of carbonyl (C=O) groups excluding carboxylic acids is 2. The van der Waals surface area contributed by atoms with E-state index in [9.17, 15) is 9.59 Å². The van der Waals surface area contributed by atoms with Gasteiger partial charge in [-0.05, 0) is 36.6 Å². The topological polar surface area (TPSA) is 90.5 Å². The standard InChI is InChI=1S/C25H33ClN6O2/c1-16(2)27-9-8-20(18-4-6-19(26)7-5-18)25(34)32-12-10-31(11-13-32)24-22-17(3)14-21(33)30-23(22)28-15-29-24/h4-7,15-17,20,27H,8-14H2,1-3H3,(H,28,29,30,33)/t17-,20-/m1/s1. The first-order valence-corrected chi connectivity index (χ1v) is 12.4. The molecule has 0 aliphatic carbocycles. The Kier molecular flexibility index (Phi) is 7.68. The van der Waals surface area contributed by atoms with E-state index >= 15 is 0 Å². The van der Waals surface area contributed by atoms with Crippen molar-refractivity contribution in [3.05, 3.63) is 46.7 Å². The number of piperazine rings is 1. The van der Waals surface area contributed by atoms with Crippen LogP contribution in [0.2, 0.25) is 5.02 Å². The second-order valence-corrected chi connectivity index (χ2v) is 9.86. The summed E-state index contributed by atoms with van der Waals surface area (Å²) >= 11 is 6.09. The molecule has 3 heterocycles. The van der Waals surface area contributed by atoms with Crippen LogP contribution >= 0.6 is 11.6 Å². The van der Waals surface area contributed by atoms with Crippen LogP contribution in [-0.4, -0.2) is 65.4 Å². The molecular formula is C25H33ClN6O2. The molecule has 2 aromatic rings. The van der Waals surface area contributed by atoms with E-state index in [0.29, 0.717) is 49.5 Å². The molecule has 1 fully saturated rings. The molecule has 0 bridgehead atoms. The zero-order valence-electron chi connectivity index (χ0n) is 20.1. The molecule has 0 saturated carbocycles. The van der Waals surface area contributed by atoms with E-state index in [-0.39, 0.29) is 23.7 Å². The summed E-state index contributed by atoms with van der Waals surface area (Å²) in [6.07, 6.45) is 2.66. The van der Waals surface area contributed by atoms with Crippen molar-refractivity contribution in [2.75, 3.05) is 42.9 Å². The molecule has 9 heteroatoms. The monoisotopic (exact) mass is 484 g/mol. The molecule has 1 saturated heterocycles. The highest BCUT2D eigenvalue weighted by Gasteiger charge is 2.32. The van der Waals surface area contributed by atoms with E-state index < -0.39 is 0 Å². The highest BCUT2D eigenvalue weighted by Crippen LogP contribution is 2.36. The first-order valence-electron chi connectivity index (χ1n) is 12.0. The summed E-state index contributed by atoms with van der Waals surface area (Å²) in [6.45, 7) is 9.65. The number of amides is 2. The van der Waals surface area contributed by atoms with Crippen molar-refractivity contribution in [1.29, 1.82) is 0 Å². The van der Waals surface area contributed by atoms with Crippen LogP contribution in [0, 0.1) is 0 Å². The second kappa shape index (κ2) is 10.7. The average molecular weight is 485 g/mol. The number of benzene rings is 1. The summed E-state index contributed by atoms with van der Waals surface area (Å²) in [5, 5.41) is 6.96. The number of hydrogen-bond acceptors (Lipinski definition) is 6. The molecule has 2 aliphatic heterocycles. The molecule has 0 spiro atoms. The molecule has 2 atom stereocenters. The quantitative estimate of drug-likeness (QED) is 0.626. The van der Waals surface area contributed by atoms with Gasteiger partial charge in [-0.2, -0.15) is 0 Å². The van der Waals surface area contributed by atoms with Crippen LogP contribution in [0.4, 0.5) is 11.6 Å². The predicted octanol–water partition coefficient (Wildman–Crippen LogP) is 3.40. The Bertz CT molecular complexity index is 1020. The smallest absolute Gasteiger partial charge is 0.230 e. The Morgan fingerprint density at radius 3 is 2.56 bits per heavy atom. The van der Waals surface area contributed by atoms with Crippen LogP contribution in [0.1, 0.15) is 56.6 Å². The van der Waals surface area contributed by atoms with Gasteiger partial charge in [0.25, 0.3) is 0 Å². The molecule has 1 aromatic heterocycles. The van der Waals surface area contributed by atoms with Crippen molar-refractivity contribution in [3.8, 4) is 0 Å². The van der Waals surface area contributed by atoms with E-state index in [0.717, 1.165) is 29.9 Å². The summed E-state index contributed by atoms with van der Waals surface area (Å²) in [6, 6.07) is 7.99. The van der Waals surface area contributed by atoms with Crippen molar-refractivity contribution < 1.29 is 9.59 Å². The van der Waals surface area contributed by atoms with Crippen LogP contribution in [0.15, 0.2) is 30.6 Å². The number of anilines is 2. The van der Waals surface area contributed by atoms with Crippen LogP contribution < -0.4 is 15.5 Å². The van der Waals surface area contributed by atoms with E-state index in [1.807, 2.05) is 36.1 Å². The van der Waals surface area contributed by atoms with Crippen molar-refractivity contribution in [1.82, 2.24) is 20.2 Å². The van der Waals surface area contributed by atoms with Crippen LogP contribution in [0.5, 0.6) is 0 Å². The van der Waals surface area contributed by atoms with Gasteiger partial charge in [-0.3, -0.25) is 9.59 Å². The van der Waals surface area contributed by atoms with Crippen LogP contribution in [0.25, 0.3) is 0 Å². The number of halogens is 1. The zero-order valence-corrected chi connectivity index (χ0v) is 20.8. The van der Waals surface area contributed by atoms with Gasteiger partial charge in [0, 0.05) is 49.2 Å². The summed E-state index contributed by atoms with van der Waals surface area (Å²) < 4.78 is 0. The van der Waals surface area contributed by atoms with Gasteiger partial charge in [-0.15, -0.1) is 0 Å². The fraction of sp³-hybridized carbons (Fsp3) is 0.520. The molecular weight excluding hydrogens is 452 g/mol. The minimum atomic E-state index is -0.211. The van der Waals surface area contributed by atoms with Gasteiger partial charge in [0.05, 0.1) is 5.92 Å². The van der Waals surface area contributed by atoms with Crippen molar-refractivity contribution in [2.24, 2.45) is 0 Å². The predicted molar refractivity (Wildman–Crippen MR) is 134 cm³/mol. The van der Waals surface area contributed by atoms with Gasteiger partial charge < -0.3 is 20.4 Å². The summed E-state index contributed by atoms with van der Waals surface area (Å²) in [5.74, 6) is 1.45. The number of hydrogen-bond donors (Lipinski definition) is 2. The Morgan fingerprint density at radius 1 is 1.18 bits per heavy atom. The fourth-order valence-corrected chi connectivity index (χ4v) is 4.88. The minimum Gasteiger partial charge on any atom is -0.353 e. The Labute approximate surface area is 206 Å². The lowest BCUT2D eigenvalue weighted by Crippen LogP contribution is -2.51. The number of nitrogens with one attached hydrogen (secondary N) is 2. The fourth-order valence-electron chi connectivity index (χ4n) is 4.76. The molecule has 0 unspecified atom stereocenters. The first kappa shape index (κ1) is 24.4. The molecule has 8 nitrogen and oxygen atoms in total. The number of rotatable bonds is 7. The lowest BCUT2D eigenvalue weighted by molar-refractivity contribution is -0.133. The summed E-state index contributed by atoms with van der Waals surface area (Å²) in [4.78, 5) is 38.5. The zero-order chi connectivity index (χ0) is 24.2. The van der Waals surface area contributed by atoms with Gasteiger partial charge in [-0.1, -0.05) is 44.5 Å². The van der Waals surface area contributed by atoms with E-state index in [4.69, 9.17) is 11.6 Å². The van der Waals surface area contributed by atoms with Crippen molar-refractivity contribution in [2.45, 2.75) is 51.5 Å². The maximum Gasteiger partial charge on any atom is 0.230 e. The maximum absolute atomic E-state index is 13.6. The molecule has 1 aromatic carbocycles. The molecule has 4 rings (SSSR count). The van der Waals surface area contributed by atoms with Gasteiger partial charge in [0.15, 0.2) is 0 Å². The maximum atomic E-state index is 13.6. The van der Waals surface area contributed by atoms with Crippen LogP contribution in [0.3, 0.4) is 0 Å². The normalized spacial score (nSPS) is 19.1. The average Bonchev–Trinajstić information content (AvgIpc) is 2.81. The highest BCUT2D eigenvalue weighted by atomic mass is 35.5. The van der Waals surface area contributed by atoms with Crippen molar-refractivity contribution >= 4 is 35.1 Å². The third kappa shape index (κ3) is 5.50. The Balaban J connectivity index is 1.46. The number of nitrogens with zero attached hydrogens (tertiary/aromatic N) is 4. The number of aromatic nitrogens is 2. The van der Waals surface area contributed by atoms with Gasteiger partial charge in [-0.25, -0.2) is 9.97 Å². The molecule has 0 radical (unpaired) electrons. The summed E-state index contributed by atoms with van der Waals surface area (Å²) in [7, 11) is 0. The van der Waals surface area contributed by atoms with E-state index in [2.05, 4.69) is 39.3 Å². The molecule has 2 aliphatic rings. The minimum absolute atomic E-state index is 0.0136. The summed E-state index contributed by atoms with van der Waals surface area (Å²) in [5.41, 5.74) is 1.98. The van der Waals surface area contributed by atoms with Gasteiger partial charge in [0.1, 0.15) is 18.0 Å². The van der Waals surface area contributed by atoms with Gasteiger partial charge in [0.2, 0.25) is 11.8 Å². The lowest BCUT2D eigenvalue weighted by atomic mass is 9.93. The molecule has 2 amide bonds. The second-order valence-electron chi connectivity index (χ2n) is 9.43. The van der Waals surface area contributed by atoms with Crippen LogP contribution in [-0.2, 0) is 9.59 Å². The largest absolute Gasteiger partial charge is 0.353 e. The third-order valence-corrected chi connectivity index (χ3v) is 6.80. The van der Waals surface area contributed by atoms with E-state index in [1.54, 1.807) is 0 Å². The van der Waals surface area contributed by atoms with E-state index in [1.165, 1.54) is 6.33 Å². The third-order valence-electron chi connectivity index (χ3n) is 6.55. The molecule has 34 heavy (non-hydrogen) atoms. The SMILES string of the molecule is CC(C)NCC[C@@H](C(=O)N1CCN(c2ncnc3c2[C@H](C)CC(=O)N3)CC1)c1ccc(Cl)cc1.